The minimum atomic E-state index is 0.415. The summed E-state index contributed by atoms with van der Waals surface area (Å²) in [7, 11) is 0. The fraction of sp³-hybridized carbons (Fsp3) is 1.00. The molecule has 0 aromatic heterocycles. The van der Waals surface area contributed by atoms with E-state index in [9.17, 15) is 0 Å². The molecule has 0 heterocycles. The molecule has 0 bridgehead atoms. The van der Waals surface area contributed by atoms with E-state index in [1.54, 1.807) is 0 Å². The van der Waals surface area contributed by atoms with E-state index in [4.69, 9.17) is 12.6 Å². The van der Waals surface area contributed by atoms with Gasteiger partial charge in [-0.3, -0.25) is 0 Å². The van der Waals surface area contributed by atoms with Gasteiger partial charge in [-0.1, -0.05) is 55.4 Å². The Kier molecular flexibility index (Phi) is 5.18. The molecule has 5 saturated carbocycles. The van der Waals surface area contributed by atoms with E-state index in [1.165, 1.54) is 64.2 Å². The molecule has 5 aliphatic carbocycles. The smallest absolute Gasteiger partial charge is 0.00765 e. The van der Waals surface area contributed by atoms with Crippen LogP contribution >= 0.6 is 12.6 Å². The lowest BCUT2D eigenvalue weighted by atomic mass is 9.31. The van der Waals surface area contributed by atoms with Gasteiger partial charge in [0.25, 0.3) is 0 Å². The van der Waals surface area contributed by atoms with Gasteiger partial charge in [0.2, 0.25) is 0 Å². The zero-order valence-corrected chi connectivity index (χ0v) is 23.0. The van der Waals surface area contributed by atoms with Crippen molar-refractivity contribution in [3.63, 3.8) is 0 Å². The van der Waals surface area contributed by atoms with Crippen LogP contribution < -0.4 is 0 Å². The van der Waals surface area contributed by atoms with Gasteiger partial charge >= 0.3 is 0 Å². The van der Waals surface area contributed by atoms with Crippen molar-refractivity contribution in [1.82, 2.24) is 0 Å². The van der Waals surface area contributed by atoms with Crippen LogP contribution in [0.1, 0.15) is 120 Å². The molecule has 0 nitrogen and oxygen atoms in total. The monoisotopic (exact) mass is 444 g/mol. The Hall–Kier alpha value is 0.350. The number of fused-ring (bicyclic) bond motifs is 7. The molecule has 5 fully saturated rings. The summed E-state index contributed by atoms with van der Waals surface area (Å²) < 4.78 is 0. The van der Waals surface area contributed by atoms with Gasteiger partial charge in [-0.25, -0.2) is 0 Å². The molecule has 0 amide bonds. The third-order valence-electron chi connectivity index (χ3n) is 13.9. The Labute approximate surface area is 199 Å². The molecule has 0 N–H and O–H groups in total. The first-order chi connectivity index (χ1) is 14.3. The fourth-order valence-corrected chi connectivity index (χ4v) is 12.2. The van der Waals surface area contributed by atoms with Crippen LogP contribution in [0.5, 0.6) is 0 Å². The highest BCUT2D eigenvalue weighted by molar-refractivity contribution is 7.81. The van der Waals surface area contributed by atoms with Gasteiger partial charge in [-0.05, 0) is 127 Å². The summed E-state index contributed by atoms with van der Waals surface area (Å²) in [5, 5.41) is 0.595. The largest absolute Gasteiger partial charge is 0.175 e. The molecular weight excluding hydrogens is 392 g/mol. The molecule has 0 saturated heterocycles. The molecular formula is C30H52S. The molecule has 0 radical (unpaired) electrons. The minimum absolute atomic E-state index is 0.415. The third-order valence-corrected chi connectivity index (χ3v) is 14.7. The molecule has 178 valence electrons. The van der Waals surface area contributed by atoms with Gasteiger partial charge in [0.15, 0.2) is 0 Å². The lowest BCUT2D eigenvalue weighted by Crippen LogP contribution is -2.68. The van der Waals surface area contributed by atoms with Crippen molar-refractivity contribution in [2.24, 2.45) is 62.6 Å². The zero-order valence-electron chi connectivity index (χ0n) is 22.1. The first kappa shape index (κ1) is 23.1. The van der Waals surface area contributed by atoms with Crippen LogP contribution in [0.15, 0.2) is 0 Å². The van der Waals surface area contributed by atoms with E-state index in [0.29, 0.717) is 32.3 Å². The second-order valence-corrected chi connectivity index (χ2v) is 15.7. The maximum absolute atomic E-state index is 5.36. The van der Waals surface area contributed by atoms with Crippen molar-refractivity contribution in [3.8, 4) is 0 Å². The number of hydrogen-bond donors (Lipinski definition) is 1. The van der Waals surface area contributed by atoms with Gasteiger partial charge in [0.05, 0.1) is 0 Å². The summed E-state index contributed by atoms with van der Waals surface area (Å²) in [6.07, 6.45) is 14.5. The topological polar surface area (TPSA) is 0 Å². The van der Waals surface area contributed by atoms with Crippen LogP contribution in [0.2, 0.25) is 0 Å². The van der Waals surface area contributed by atoms with E-state index >= 15 is 0 Å². The Morgan fingerprint density at radius 2 is 1.35 bits per heavy atom. The quantitative estimate of drug-likeness (QED) is 0.354. The highest BCUT2D eigenvalue weighted by atomic mass is 32.1. The molecule has 1 heteroatoms. The van der Waals surface area contributed by atoms with Gasteiger partial charge in [0.1, 0.15) is 0 Å². The summed E-state index contributed by atoms with van der Waals surface area (Å²) >= 11 is 5.36. The van der Waals surface area contributed by atoms with Gasteiger partial charge in [-0.15, -0.1) is 0 Å². The molecule has 0 aliphatic heterocycles. The van der Waals surface area contributed by atoms with Crippen molar-refractivity contribution in [1.29, 1.82) is 0 Å². The summed E-state index contributed by atoms with van der Waals surface area (Å²) in [4.78, 5) is 0. The van der Waals surface area contributed by atoms with E-state index < -0.39 is 0 Å². The Morgan fingerprint density at radius 1 is 0.645 bits per heavy atom. The summed E-state index contributed by atoms with van der Waals surface area (Å²) in [5.74, 6) is 5.44. The lowest BCUT2D eigenvalue weighted by molar-refractivity contribution is -0.245. The lowest BCUT2D eigenvalue weighted by Gasteiger charge is -2.74. The van der Waals surface area contributed by atoms with Crippen LogP contribution in [0.3, 0.4) is 0 Å². The molecule has 0 aromatic carbocycles. The van der Waals surface area contributed by atoms with Crippen molar-refractivity contribution < 1.29 is 0 Å². The van der Waals surface area contributed by atoms with E-state index in [-0.39, 0.29) is 0 Å². The fourth-order valence-electron chi connectivity index (χ4n) is 11.7. The van der Waals surface area contributed by atoms with E-state index in [0.717, 1.165) is 35.5 Å². The first-order valence-corrected chi connectivity index (χ1v) is 14.5. The van der Waals surface area contributed by atoms with Gasteiger partial charge in [-0.2, -0.15) is 12.6 Å². The third kappa shape index (κ3) is 2.80. The van der Waals surface area contributed by atoms with E-state index in [2.05, 4.69) is 55.4 Å². The molecule has 5 aliphatic rings. The predicted molar refractivity (Wildman–Crippen MR) is 137 cm³/mol. The molecule has 5 rings (SSSR count). The van der Waals surface area contributed by atoms with Crippen molar-refractivity contribution >= 4 is 12.6 Å². The SMILES string of the molecule is C[C@@H]1[C@H]2[C@H]3CC[C@@H]4[C@@]5(C)C(S)CCC(C)(C)[C@@H]5CC[C@@]4(C)[C@]3(C)CC[C@@]2(C)CC[C@H]1C. The Morgan fingerprint density at radius 3 is 2.06 bits per heavy atom. The average Bonchev–Trinajstić information content (AvgIpc) is 2.69. The summed E-state index contributed by atoms with van der Waals surface area (Å²) in [5.41, 5.74) is 2.54. The minimum Gasteiger partial charge on any atom is -0.175 e. The van der Waals surface area contributed by atoms with Crippen LogP contribution in [0.25, 0.3) is 0 Å². The Balaban J connectivity index is 1.56. The second kappa shape index (κ2) is 6.95. The molecule has 11 atom stereocenters. The Bertz CT molecular complexity index is 726. The molecule has 31 heavy (non-hydrogen) atoms. The normalized spacial score (nSPS) is 60.9. The highest BCUT2D eigenvalue weighted by Gasteiger charge is 2.70. The molecule has 0 aromatic rings. The summed E-state index contributed by atoms with van der Waals surface area (Å²) in [6.45, 7) is 21.4. The number of rotatable bonds is 0. The van der Waals surface area contributed by atoms with Gasteiger partial charge < -0.3 is 0 Å². The van der Waals surface area contributed by atoms with Crippen molar-refractivity contribution in [2.75, 3.05) is 0 Å². The first-order valence-electron chi connectivity index (χ1n) is 14.0. The molecule has 1 unspecified atom stereocenters. The average molecular weight is 445 g/mol. The number of hydrogen-bond acceptors (Lipinski definition) is 1. The highest BCUT2D eigenvalue weighted by Crippen LogP contribution is 2.77. The predicted octanol–water partition coefficient (Wildman–Crippen LogP) is 9.04. The molecule has 0 spiro atoms. The maximum Gasteiger partial charge on any atom is 0.00765 e. The van der Waals surface area contributed by atoms with E-state index in [1.807, 2.05) is 0 Å². The van der Waals surface area contributed by atoms with Crippen LogP contribution in [0.4, 0.5) is 0 Å². The van der Waals surface area contributed by atoms with Gasteiger partial charge in [0, 0.05) is 5.25 Å². The maximum atomic E-state index is 5.36. The standard InChI is InChI=1S/C30H52S/c1-19-11-15-27(5)17-18-28(6)21(25(27)20(19)2)9-10-23-29(28,7)16-12-22-26(3,4)14-13-24(31)30(22,23)8/h19-25,31H,9-18H2,1-8H3/t19-,20+,21-,22+,23+,24?,25+,27-,28-,29-,30+/m1/s1. The number of thiol groups is 1. The van der Waals surface area contributed by atoms with Crippen LogP contribution in [-0.2, 0) is 0 Å². The summed E-state index contributed by atoms with van der Waals surface area (Å²) in [6, 6.07) is 0. The second-order valence-electron chi connectivity index (χ2n) is 15.1. The van der Waals surface area contributed by atoms with Crippen LogP contribution in [-0.4, -0.2) is 5.25 Å². The van der Waals surface area contributed by atoms with Crippen molar-refractivity contribution in [2.45, 2.75) is 125 Å². The van der Waals surface area contributed by atoms with Crippen molar-refractivity contribution in [3.05, 3.63) is 0 Å². The van der Waals surface area contributed by atoms with Crippen LogP contribution in [0, 0.1) is 62.6 Å². The zero-order chi connectivity index (χ0) is 22.6.